The van der Waals surface area contributed by atoms with E-state index in [0.717, 1.165) is 23.1 Å². The third-order valence-corrected chi connectivity index (χ3v) is 5.96. The molecule has 2 aromatic rings. The first-order chi connectivity index (χ1) is 13.4. The van der Waals surface area contributed by atoms with Crippen LogP contribution in [0.3, 0.4) is 0 Å². The number of carbonyl (C=O) groups is 1. The molecule has 1 saturated carbocycles. The lowest BCUT2D eigenvalue weighted by molar-refractivity contribution is 0.0916. The molecule has 1 amide bonds. The third kappa shape index (κ3) is 4.41. The zero-order valence-electron chi connectivity index (χ0n) is 16.9. The van der Waals surface area contributed by atoms with Gasteiger partial charge in [-0.15, -0.1) is 0 Å². The summed E-state index contributed by atoms with van der Waals surface area (Å²) in [7, 11) is 0. The smallest absolute Gasteiger partial charge is 0.305 e. The fraction of sp³-hybridized carbons (Fsp3) is 0.524. The van der Waals surface area contributed by atoms with Crippen LogP contribution < -0.4 is 20.9 Å². The lowest BCUT2D eigenvalue weighted by Gasteiger charge is -2.35. The Hall–Kier alpha value is -2.28. The Morgan fingerprint density at radius 1 is 1.29 bits per heavy atom. The second-order valence-electron chi connectivity index (χ2n) is 7.57. The highest BCUT2D eigenvalue weighted by Gasteiger charge is 2.27. The van der Waals surface area contributed by atoms with E-state index in [9.17, 15) is 4.79 Å². The van der Waals surface area contributed by atoms with Gasteiger partial charge in [0.05, 0.1) is 6.61 Å². The highest BCUT2D eigenvalue weighted by molar-refractivity contribution is 7.80. The zero-order valence-corrected chi connectivity index (χ0v) is 17.7. The van der Waals surface area contributed by atoms with Gasteiger partial charge in [-0.25, -0.2) is 0 Å². The van der Waals surface area contributed by atoms with Gasteiger partial charge in [-0.05, 0) is 62.5 Å². The summed E-state index contributed by atoms with van der Waals surface area (Å²) in [6, 6.07) is 5.86. The summed E-state index contributed by atoms with van der Waals surface area (Å²) in [5, 5.41) is 4.61. The molecule has 3 atom stereocenters. The van der Waals surface area contributed by atoms with Crippen molar-refractivity contribution >= 4 is 34.2 Å². The second kappa shape index (κ2) is 8.82. The monoisotopic (exact) mass is 403 g/mol. The van der Waals surface area contributed by atoms with Crippen LogP contribution in [0.5, 0.6) is 5.75 Å². The standard InChI is InChI=1S/C21H29N3O3S/c1-5-26-15-9-10-18-16(11-15)14(4)19(27-18)20(25)23-24-21(28)22-17-8-6-7-12(2)13(17)3/h9-13,17H,5-8H2,1-4H3,(H,23,25)(H2,22,24,28)/t12-,13-,17+/m0/s1. The Balaban J connectivity index is 1.61. The van der Waals surface area contributed by atoms with Crippen LogP contribution in [0, 0.1) is 18.8 Å². The summed E-state index contributed by atoms with van der Waals surface area (Å²) in [5.74, 6) is 1.87. The number of hydrogen-bond donors (Lipinski definition) is 3. The average Bonchev–Trinajstić information content (AvgIpc) is 3.00. The largest absolute Gasteiger partial charge is 0.494 e. The predicted molar refractivity (Wildman–Crippen MR) is 114 cm³/mol. The minimum atomic E-state index is -0.360. The van der Waals surface area contributed by atoms with E-state index in [-0.39, 0.29) is 11.7 Å². The fourth-order valence-corrected chi connectivity index (χ4v) is 4.04. The van der Waals surface area contributed by atoms with Crippen molar-refractivity contribution in [3.05, 3.63) is 29.5 Å². The number of ether oxygens (including phenoxy) is 1. The Labute approximate surface area is 171 Å². The minimum absolute atomic E-state index is 0.263. The van der Waals surface area contributed by atoms with Crippen molar-refractivity contribution in [2.24, 2.45) is 11.8 Å². The molecule has 0 saturated heterocycles. The number of hydrogen-bond acceptors (Lipinski definition) is 4. The molecule has 3 N–H and O–H groups in total. The molecule has 1 aliphatic carbocycles. The summed E-state index contributed by atoms with van der Waals surface area (Å²) < 4.78 is 11.3. The Bertz CT molecular complexity index is 864. The summed E-state index contributed by atoms with van der Waals surface area (Å²) in [4.78, 5) is 12.6. The molecule has 7 heteroatoms. The molecule has 0 radical (unpaired) electrons. The minimum Gasteiger partial charge on any atom is -0.494 e. The Morgan fingerprint density at radius 3 is 2.82 bits per heavy atom. The predicted octanol–water partition coefficient (Wildman–Crippen LogP) is 4.07. The van der Waals surface area contributed by atoms with E-state index in [4.69, 9.17) is 21.4 Å². The fourth-order valence-electron chi connectivity index (χ4n) is 3.83. The van der Waals surface area contributed by atoms with Gasteiger partial charge in [-0.1, -0.05) is 26.7 Å². The van der Waals surface area contributed by atoms with Crippen molar-refractivity contribution in [2.45, 2.75) is 53.0 Å². The zero-order chi connectivity index (χ0) is 20.3. The number of furan rings is 1. The van der Waals surface area contributed by atoms with Gasteiger partial charge in [0.2, 0.25) is 0 Å². The van der Waals surface area contributed by atoms with E-state index >= 15 is 0 Å². The number of nitrogens with one attached hydrogen (secondary N) is 3. The molecule has 0 bridgehead atoms. The first-order valence-corrected chi connectivity index (χ1v) is 10.3. The molecular weight excluding hydrogens is 374 g/mol. The van der Waals surface area contributed by atoms with Crippen LogP contribution in [0.25, 0.3) is 11.0 Å². The van der Waals surface area contributed by atoms with Gasteiger partial charge in [0, 0.05) is 17.0 Å². The summed E-state index contributed by atoms with van der Waals surface area (Å²) >= 11 is 5.35. The molecule has 3 rings (SSSR count). The van der Waals surface area contributed by atoms with Crippen molar-refractivity contribution < 1.29 is 13.9 Å². The van der Waals surface area contributed by atoms with E-state index in [1.165, 1.54) is 12.8 Å². The molecule has 1 fully saturated rings. The van der Waals surface area contributed by atoms with Crippen LogP contribution in [-0.4, -0.2) is 23.7 Å². The van der Waals surface area contributed by atoms with Crippen molar-refractivity contribution in [1.82, 2.24) is 16.2 Å². The maximum Gasteiger partial charge on any atom is 0.305 e. The third-order valence-electron chi connectivity index (χ3n) is 5.74. The van der Waals surface area contributed by atoms with Gasteiger partial charge >= 0.3 is 5.91 Å². The number of fused-ring (bicyclic) bond motifs is 1. The Morgan fingerprint density at radius 2 is 2.07 bits per heavy atom. The Kier molecular flexibility index (Phi) is 6.44. The molecule has 0 spiro atoms. The van der Waals surface area contributed by atoms with Crippen LogP contribution in [-0.2, 0) is 0 Å². The highest BCUT2D eigenvalue weighted by Crippen LogP contribution is 2.30. The SMILES string of the molecule is CCOc1ccc2oc(C(=O)NNC(=S)N[C@@H]3CCC[C@H](C)[C@@H]3C)c(C)c2c1. The summed E-state index contributed by atoms with van der Waals surface area (Å²) in [5.41, 5.74) is 6.86. The molecular formula is C21H29N3O3S. The topological polar surface area (TPSA) is 75.5 Å². The normalized spacial score (nSPS) is 21.9. The first-order valence-electron chi connectivity index (χ1n) is 9.93. The van der Waals surface area contributed by atoms with Crippen LogP contribution in [0.1, 0.15) is 56.2 Å². The summed E-state index contributed by atoms with van der Waals surface area (Å²) in [6.07, 6.45) is 3.54. The number of thiocarbonyl (C=S) groups is 1. The van der Waals surface area contributed by atoms with Crippen LogP contribution in [0.15, 0.2) is 22.6 Å². The van der Waals surface area contributed by atoms with E-state index in [2.05, 4.69) is 30.0 Å². The lowest BCUT2D eigenvalue weighted by Crippen LogP contribution is -2.52. The number of benzene rings is 1. The average molecular weight is 404 g/mol. The van der Waals surface area contributed by atoms with Gasteiger partial charge < -0.3 is 14.5 Å². The highest BCUT2D eigenvalue weighted by atomic mass is 32.1. The van der Waals surface area contributed by atoms with Gasteiger partial charge in [0.1, 0.15) is 11.3 Å². The van der Waals surface area contributed by atoms with E-state index in [0.29, 0.717) is 35.2 Å². The molecule has 152 valence electrons. The van der Waals surface area contributed by atoms with Crippen LogP contribution >= 0.6 is 12.2 Å². The van der Waals surface area contributed by atoms with E-state index in [1.54, 1.807) is 0 Å². The van der Waals surface area contributed by atoms with Gasteiger partial charge in [-0.2, -0.15) is 0 Å². The molecule has 6 nitrogen and oxygen atoms in total. The van der Waals surface area contributed by atoms with Crippen molar-refractivity contribution in [1.29, 1.82) is 0 Å². The number of aryl methyl sites for hydroxylation is 1. The van der Waals surface area contributed by atoms with Crippen molar-refractivity contribution in [3.63, 3.8) is 0 Å². The molecule has 28 heavy (non-hydrogen) atoms. The lowest BCUT2D eigenvalue weighted by atomic mass is 9.78. The molecule has 0 unspecified atom stereocenters. The number of carbonyl (C=O) groups excluding carboxylic acids is 1. The first kappa shape index (κ1) is 20.5. The molecule has 1 aromatic heterocycles. The number of hydrazine groups is 1. The van der Waals surface area contributed by atoms with Crippen LogP contribution in [0.2, 0.25) is 0 Å². The van der Waals surface area contributed by atoms with E-state index < -0.39 is 0 Å². The summed E-state index contributed by atoms with van der Waals surface area (Å²) in [6.45, 7) is 8.90. The van der Waals surface area contributed by atoms with Crippen LogP contribution in [0.4, 0.5) is 0 Å². The molecule has 1 aromatic carbocycles. The molecule has 1 aliphatic rings. The van der Waals surface area contributed by atoms with Gasteiger partial charge in [0.25, 0.3) is 0 Å². The maximum atomic E-state index is 12.6. The quantitative estimate of drug-likeness (QED) is 0.528. The van der Waals surface area contributed by atoms with Gasteiger partial charge in [0.15, 0.2) is 10.9 Å². The number of rotatable bonds is 4. The molecule has 1 heterocycles. The second-order valence-corrected chi connectivity index (χ2v) is 7.98. The van der Waals surface area contributed by atoms with Crippen molar-refractivity contribution in [3.8, 4) is 5.75 Å². The van der Waals surface area contributed by atoms with Crippen molar-refractivity contribution in [2.75, 3.05) is 6.61 Å². The molecule has 0 aliphatic heterocycles. The number of amides is 1. The van der Waals surface area contributed by atoms with E-state index in [1.807, 2.05) is 32.0 Å². The maximum absolute atomic E-state index is 12.6. The van der Waals surface area contributed by atoms with Gasteiger partial charge in [-0.3, -0.25) is 15.6 Å².